The third-order valence-electron chi connectivity index (χ3n) is 1.85. The van der Waals surface area contributed by atoms with Gasteiger partial charge in [0.1, 0.15) is 5.52 Å². The minimum Gasteiger partial charge on any atom is -0.462 e. The number of nitrogens with zero attached hydrogens (tertiary/aromatic N) is 1. The van der Waals surface area contributed by atoms with Gasteiger partial charge in [0.2, 0.25) is 5.95 Å². The minimum atomic E-state index is -0.454. The Kier molecular flexibility index (Phi) is 1.40. The molecule has 12 heavy (non-hydrogen) atoms. The largest absolute Gasteiger partial charge is 0.462 e. The lowest BCUT2D eigenvalue weighted by molar-refractivity contribution is 0.580. The van der Waals surface area contributed by atoms with E-state index in [0.29, 0.717) is 11.1 Å². The van der Waals surface area contributed by atoms with E-state index in [-0.39, 0.29) is 0 Å². The fraction of sp³-hybridized carbons (Fsp3) is 0.222. The Balaban J connectivity index is 2.92. The van der Waals surface area contributed by atoms with E-state index in [0.717, 1.165) is 11.1 Å². The van der Waals surface area contributed by atoms with Crippen LogP contribution in [0.2, 0.25) is 0 Å². The van der Waals surface area contributed by atoms with E-state index in [2.05, 4.69) is 4.98 Å². The lowest BCUT2D eigenvalue weighted by atomic mass is 10.2. The summed E-state index contributed by atoms with van der Waals surface area (Å²) in [5.41, 5.74) is 2.94. The third kappa shape index (κ3) is 0.897. The molecule has 0 saturated heterocycles. The molecule has 2 aromatic rings. The Bertz CT molecular complexity index is 433. The molecule has 0 N–H and O–H groups in total. The van der Waals surface area contributed by atoms with Crippen molar-refractivity contribution in [2.24, 2.45) is 0 Å². The van der Waals surface area contributed by atoms with E-state index in [1.807, 2.05) is 6.92 Å². The summed E-state index contributed by atoms with van der Waals surface area (Å²) >= 11 is 0. The molecule has 2 rings (SSSR count). The fourth-order valence-corrected chi connectivity index (χ4v) is 1.24. The smallest absolute Gasteiger partial charge is 0.213 e. The van der Waals surface area contributed by atoms with E-state index >= 15 is 0 Å². The molecule has 0 aromatic carbocycles. The van der Waals surface area contributed by atoms with Crippen LogP contribution in [0.5, 0.6) is 0 Å². The van der Waals surface area contributed by atoms with Gasteiger partial charge < -0.3 is 4.42 Å². The maximum atomic E-state index is 12.8. The number of aryl methyl sites for hydroxylation is 2. The fourth-order valence-electron chi connectivity index (χ4n) is 1.24. The molecule has 0 aliphatic heterocycles. The number of fused-ring (bicyclic) bond motifs is 1. The van der Waals surface area contributed by atoms with E-state index in [1.165, 1.54) is 6.07 Å². The van der Waals surface area contributed by atoms with Crippen LogP contribution in [0, 0.1) is 19.8 Å². The Morgan fingerprint density at radius 2 is 2.08 bits per heavy atom. The van der Waals surface area contributed by atoms with Gasteiger partial charge >= 0.3 is 0 Å². The standard InChI is InChI=1S/C9H8FNO/c1-5-3-7(10)11-8-6(2)4-12-9(5)8/h3-4H,1-2H3. The van der Waals surface area contributed by atoms with Gasteiger partial charge in [0.25, 0.3) is 0 Å². The first-order valence-electron chi connectivity index (χ1n) is 3.69. The van der Waals surface area contributed by atoms with Gasteiger partial charge in [-0.25, -0.2) is 4.98 Å². The van der Waals surface area contributed by atoms with Crippen LogP contribution in [0.25, 0.3) is 11.1 Å². The van der Waals surface area contributed by atoms with Crippen molar-refractivity contribution in [1.82, 2.24) is 4.98 Å². The van der Waals surface area contributed by atoms with E-state index in [9.17, 15) is 4.39 Å². The number of hydrogen-bond acceptors (Lipinski definition) is 2. The topological polar surface area (TPSA) is 26.0 Å². The Morgan fingerprint density at radius 3 is 2.83 bits per heavy atom. The van der Waals surface area contributed by atoms with Gasteiger partial charge in [0.15, 0.2) is 5.58 Å². The molecule has 0 spiro atoms. The normalized spacial score (nSPS) is 10.9. The first-order chi connectivity index (χ1) is 5.68. The summed E-state index contributed by atoms with van der Waals surface area (Å²) in [6.45, 7) is 3.65. The summed E-state index contributed by atoms with van der Waals surface area (Å²) in [5.74, 6) is -0.454. The highest BCUT2D eigenvalue weighted by Crippen LogP contribution is 2.21. The monoisotopic (exact) mass is 165 g/mol. The molecule has 3 heteroatoms. The summed E-state index contributed by atoms with van der Waals surface area (Å²) in [4.78, 5) is 3.74. The highest BCUT2D eigenvalue weighted by atomic mass is 19.1. The van der Waals surface area contributed by atoms with Crippen LogP contribution in [-0.4, -0.2) is 4.98 Å². The Morgan fingerprint density at radius 1 is 1.33 bits per heavy atom. The van der Waals surface area contributed by atoms with Crippen LogP contribution >= 0.6 is 0 Å². The summed E-state index contributed by atoms with van der Waals surface area (Å²) in [6.07, 6.45) is 1.59. The van der Waals surface area contributed by atoms with Crippen LogP contribution in [0.1, 0.15) is 11.1 Å². The van der Waals surface area contributed by atoms with Crippen molar-refractivity contribution in [1.29, 1.82) is 0 Å². The molecule has 0 saturated carbocycles. The van der Waals surface area contributed by atoms with Gasteiger partial charge in [-0.05, 0) is 25.5 Å². The molecule has 0 bridgehead atoms. The molecule has 2 nitrogen and oxygen atoms in total. The second kappa shape index (κ2) is 2.30. The molecule has 0 fully saturated rings. The Hall–Kier alpha value is -1.38. The van der Waals surface area contributed by atoms with Crippen molar-refractivity contribution >= 4 is 11.1 Å². The van der Waals surface area contributed by atoms with Crippen LogP contribution in [0.15, 0.2) is 16.7 Å². The van der Waals surface area contributed by atoms with Gasteiger partial charge in [-0.3, -0.25) is 0 Å². The molecule has 62 valence electrons. The highest BCUT2D eigenvalue weighted by Gasteiger charge is 2.07. The number of furan rings is 1. The first kappa shape index (κ1) is 7.28. The van der Waals surface area contributed by atoms with Crippen LogP contribution in [-0.2, 0) is 0 Å². The second-order valence-electron chi connectivity index (χ2n) is 2.86. The summed E-state index contributed by atoms with van der Waals surface area (Å²) < 4.78 is 18.0. The molecule has 0 amide bonds. The average molecular weight is 165 g/mol. The first-order valence-corrected chi connectivity index (χ1v) is 3.69. The Labute approximate surface area is 69.0 Å². The van der Waals surface area contributed by atoms with Crippen molar-refractivity contribution < 1.29 is 8.81 Å². The van der Waals surface area contributed by atoms with Crippen molar-refractivity contribution in [2.75, 3.05) is 0 Å². The van der Waals surface area contributed by atoms with Gasteiger partial charge in [0, 0.05) is 5.56 Å². The van der Waals surface area contributed by atoms with Crippen molar-refractivity contribution in [3.63, 3.8) is 0 Å². The zero-order chi connectivity index (χ0) is 8.72. The highest BCUT2D eigenvalue weighted by molar-refractivity contribution is 5.78. The maximum Gasteiger partial charge on any atom is 0.213 e. The zero-order valence-electron chi connectivity index (χ0n) is 6.89. The molecule has 0 atom stereocenters. The van der Waals surface area contributed by atoms with Gasteiger partial charge in [-0.2, -0.15) is 4.39 Å². The third-order valence-corrected chi connectivity index (χ3v) is 1.85. The number of rotatable bonds is 0. The van der Waals surface area contributed by atoms with Crippen molar-refractivity contribution in [2.45, 2.75) is 13.8 Å². The molecular weight excluding hydrogens is 157 g/mol. The van der Waals surface area contributed by atoms with Crippen LogP contribution in [0.4, 0.5) is 4.39 Å². The predicted octanol–water partition coefficient (Wildman–Crippen LogP) is 2.58. The van der Waals surface area contributed by atoms with Crippen molar-refractivity contribution in [3.8, 4) is 0 Å². The van der Waals surface area contributed by atoms with Crippen LogP contribution in [0.3, 0.4) is 0 Å². The van der Waals surface area contributed by atoms with E-state index in [4.69, 9.17) is 4.42 Å². The van der Waals surface area contributed by atoms with E-state index < -0.39 is 5.95 Å². The molecular formula is C9H8FNO. The maximum absolute atomic E-state index is 12.8. The molecule has 0 aliphatic carbocycles. The summed E-state index contributed by atoms with van der Waals surface area (Å²) in [7, 11) is 0. The lowest BCUT2D eigenvalue weighted by Gasteiger charge is -1.94. The zero-order valence-corrected chi connectivity index (χ0v) is 6.89. The minimum absolute atomic E-state index is 0.454. The summed E-state index contributed by atoms with van der Waals surface area (Å²) in [6, 6.07) is 1.37. The van der Waals surface area contributed by atoms with E-state index in [1.54, 1.807) is 13.2 Å². The quantitative estimate of drug-likeness (QED) is 0.561. The van der Waals surface area contributed by atoms with Crippen LogP contribution < -0.4 is 0 Å². The molecule has 0 radical (unpaired) electrons. The molecule has 2 aromatic heterocycles. The average Bonchev–Trinajstić information content (AvgIpc) is 2.33. The second-order valence-corrected chi connectivity index (χ2v) is 2.86. The lowest BCUT2D eigenvalue weighted by Crippen LogP contribution is -1.85. The summed E-state index contributed by atoms with van der Waals surface area (Å²) in [5, 5.41) is 0. The molecule has 2 heterocycles. The van der Waals surface area contributed by atoms with Gasteiger partial charge in [-0.15, -0.1) is 0 Å². The molecule has 0 unspecified atom stereocenters. The van der Waals surface area contributed by atoms with Gasteiger partial charge in [-0.1, -0.05) is 0 Å². The predicted molar refractivity (Wildman–Crippen MR) is 43.4 cm³/mol. The number of pyridine rings is 1. The molecule has 0 aliphatic rings. The SMILES string of the molecule is Cc1coc2c(C)cc(F)nc12. The number of hydrogen-bond donors (Lipinski definition) is 0. The van der Waals surface area contributed by atoms with Gasteiger partial charge in [0.05, 0.1) is 6.26 Å². The van der Waals surface area contributed by atoms with Crippen molar-refractivity contribution in [3.05, 3.63) is 29.4 Å². The number of halogens is 1. The number of aromatic nitrogens is 1.